The highest BCUT2D eigenvalue weighted by atomic mass is 32.2. The van der Waals surface area contributed by atoms with E-state index in [1.54, 1.807) is 18.0 Å². The smallest absolute Gasteiger partial charge is 0.263 e. The standard InChI is InChI=1S/C11H15N3OS2/c1-16-11-12-5-9(17-11)10(15)14-8-4-6-2-3-7(8)13-6/h5-8,13H,2-4H2,1H3,(H,14,15). The van der Waals surface area contributed by atoms with Gasteiger partial charge in [-0.2, -0.15) is 0 Å². The molecule has 3 heterocycles. The van der Waals surface area contributed by atoms with E-state index in [2.05, 4.69) is 15.6 Å². The first-order chi connectivity index (χ1) is 8.26. The fourth-order valence-electron chi connectivity index (χ4n) is 2.68. The number of carbonyl (C=O) groups excluding carboxylic acids is 1. The van der Waals surface area contributed by atoms with Gasteiger partial charge in [0.05, 0.1) is 6.20 Å². The van der Waals surface area contributed by atoms with Crippen molar-refractivity contribution in [1.82, 2.24) is 15.6 Å². The Hall–Kier alpha value is -0.590. The number of fused-ring (bicyclic) bond motifs is 2. The molecule has 0 radical (unpaired) electrons. The number of amides is 1. The summed E-state index contributed by atoms with van der Waals surface area (Å²) in [4.78, 5) is 16.9. The number of nitrogens with one attached hydrogen (secondary N) is 2. The van der Waals surface area contributed by atoms with Gasteiger partial charge in [0.15, 0.2) is 0 Å². The van der Waals surface area contributed by atoms with Crippen LogP contribution in [0.5, 0.6) is 0 Å². The van der Waals surface area contributed by atoms with Gasteiger partial charge in [-0.05, 0) is 25.5 Å². The highest BCUT2D eigenvalue weighted by Crippen LogP contribution is 2.29. The number of carbonyl (C=O) groups is 1. The summed E-state index contributed by atoms with van der Waals surface area (Å²) >= 11 is 3.04. The molecule has 0 saturated carbocycles. The van der Waals surface area contributed by atoms with Crippen molar-refractivity contribution < 1.29 is 4.79 Å². The molecule has 0 aliphatic carbocycles. The van der Waals surface area contributed by atoms with E-state index in [0.29, 0.717) is 18.1 Å². The fourth-order valence-corrected chi connectivity index (χ4v) is 3.99. The molecule has 17 heavy (non-hydrogen) atoms. The first-order valence-corrected chi connectivity index (χ1v) is 7.87. The quantitative estimate of drug-likeness (QED) is 0.816. The van der Waals surface area contributed by atoms with Crippen LogP contribution in [-0.2, 0) is 0 Å². The van der Waals surface area contributed by atoms with Gasteiger partial charge in [0.25, 0.3) is 5.91 Å². The van der Waals surface area contributed by atoms with Crippen LogP contribution >= 0.6 is 23.1 Å². The van der Waals surface area contributed by atoms with Crippen LogP contribution < -0.4 is 10.6 Å². The molecule has 2 aliphatic heterocycles. The van der Waals surface area contributed by atoms with Crippen molar-refractivity contribution in [3.63, 3.8) is 0 Å². The van der Waals surface area contributed by atoms with Crippen molar-refractivity contribution in [2.24, 2.45) is 0 Å². The average molecular weight is 269 g/mol. The number of thiazole rings is 1. The molecule has 2 N–H and O–H groups in total. The lowest BCUT2D eigenvalue weighted by molar-refractivity contribution is 0.0935. The molecule has 6 heteroatoms. The van der Waals surface area contributed by atoms with Gasteiger partial charge in [-0.15, -0.1) is 11.3 Å². The number of hydrogen-bond donors (Lipinski definition) is 2. The second kappa shape index (κ2) is 4.59. The Balaban J connectivity index is 1.63. The lowest BCUT2D eigenvalue weighted by atomic mass is 9.95. The molecule has 0 spiro atoms. The summed E-state index contributed by atoms with van der Waals surface area (Å²) in [7, 11) is 0. The van der Waals surface area contributed by atoms with Gasteiger partial charge in [0.2, 0.25) is 0 Å². The van der Waals surface area contributed by atoms with Gasteiger partial charge < -0.3 is 10.6 Å². The molecule has 0 aromatic carbocycles. The van der Waals surface area contributed by atoms with E-state index in [4.69, 9.17) is 0 Å². The van der Waals surface area contributed by atoms with Crippen LogP contribution in [0.15, 0.2) is 10.5 Å². The molecule has 3 unspecified atom stereocenters. The Kier molecular flexibility index (Phi) is 3.10. The van der Waals surface area contributed by atoms with Crippen molar-refractivity contribution in [2.75, 3.05) is 6.26 Å². The number of rotatable bonds is 3. The molecular formula is C11H15N3OS2. The maximum Gasteiger partial charge on any atom is 0.263 e. The second-order valence-electron chi connectivity index (χ2n) is 4.56. The third-order valence-electron chi connectivity index (χ3n) is 3.50. The second-order valence-corrected chi connectivity index (χ2v) is 6.64. The molecule has 92 valence electrons. The molecule has 1 aromatic heterocycles. The SMILES string of the molecule is CSc1ncc(C(=O)NC2CC3CCC2N3)s1. The van der Waals surface area contributed by atoms with Crippen molar-refractivity contribution in [3.05, 3.63) is 11.1 Å². The molecule has 1 amide bonds. The molecule has 2 saturated heterocycles. The average Bonchev–Trinajstić information content (AvgIpc) is 3.04. The van der Waals surface area contributed by atoms with Crippen LogP contribution in [0.3, 0.4) is 0 Å². The van der Waals surface area contributed by atoms with E-state index in [1.165, 1.54) is 24.2 Å². The van der Waals surface area contributed by atoms with Crippen LogP contribution in [0.25, 0.3) is 0 Å². The largest absolute Gasteiger partial charge is 0.347 e. The van der Waals surface area contributed by atoms with Crippen LogP contribution in [0.1, 0.15) is 28.9 Å². The Bertz CT molecular complexity index is 434. The van der Waals surface area contributed by atoms with E-state index in [1.807, 2.05) is 6.26 Å². The van der Waals surface area contributed by atoms with Gasteiger partial charge >= 0.3 is 0 Å². The number of nitrogens with zero attached hydrogens (tertiary/aromatic N) is 1. The van der Waals surface area contributed by atoms with E-state index in [9.17, 15) is 4.79 Å². The predicted molar refractivity (Wildman–Crippen MR) is 69.7 cm³/mol. The number of hydrogen-bond acceptors (Lipinski definition) is 5. The van der Waals surface area contributed by atoms with E-state index in [-0.39, 0.29) is 5.91 Å². The van der Waals surface area contributed by atoms with Gasteiger partial charge in [-0.3, -0.25) is 4.79 Å². The maximum atomic E-state index is 12.0. The zero-order chi connectivity index (χ0) is 11.8. The van der Waals surface area contributed by atoms with E-state index >= 15 is 0 Å². The summed E-state index contributed by atoms with van der Waals surface area (Å²) in [5.74, 6) is 0.0298. The Labute approximate surface area is 109 Å². The lowest BCUT2D eigenvalue weighted by Gasteiger charge is -2.20. The van der Waals surface area contributed by atoms with Gasteiger partial charge in [0, 0.05) is 18.1 Å². The summed E-state index contributed by atoms with van der Waals surface area (Å²) in [5.41, 5.74) is 0. The molecule has 1 aromatic rings. The van der Waals surface area contributed by atoms with E-state index in [0.717, 1.165) is 15.6 Å². The summed E-state index contributed by atoms with van der Waals surface area (Å²) < 4.78 is 0.946. The molecule has 3 rings (SSSR count). The fraction of sp³-hybridized carbons (Fsp3) is 0.636. The summed E-state index contributed by atoms with van der Waals surface area (Å²) in [6.07, 6.45) is 7.17. The first kappa shape index (κ1) is 11.5. The third-order valence-corrected chi connectivity index (χ3v) is 5.49. The minimum Gasteiger partial charge on any atom is -0.347 e. The topological polar surface area (TPSA) is 54.0 Å². The third kappa shape index (κ3) is 2.21. The van der Waals surface area contributed by atoms with Crippen molar-refractivity contribution in [1.29, 1.82) is 0 Å². The summed E-state index contributed by atoms with van der Waals surface area (Å²) in [6, 6.07) is 1.41. The Morgan fingerprint density at radius 3 is 3.12 bits per heavy atom. The first-order valence-electron chi connectivity index (χ1n) is 5.83. The van der Waals surface area contributed by atoms with Crippen molar-refractivity contribution in [2.45, 2.75) is 41.7 Å². The summed E-state index contributed by atoms with van der Waals surface area (Å²) in [5, 5.41) is 6.64. The molecule has 2 fully saturated rings. The van der Waals surface area contributed by atoms with Gasteiger partial charge in [-0.1, -0.05) is 11.8 Å². The molecule has 3 atom stereocenters. The Morgan fingerprint density at radius 2 is 2.53 bits per heavy atom. The number of aromatic nitrogens is 1. The molecule has 2 aliphatic rings. The number of thioether (sulfide) groups is 1. The molecular weight excluding hydrogens is 254 g/mol. The monoisotopic (exact) mass is 269 g/mol. The van der Waals surface area contributed by atoms with Gasteiger partial charge in [-0.25, -0.2) is 4.98 Å². The van der Waals surface area contributed by atoms with Crippen molar-refractivity contribution >= 4 is 29.0 Å². The highest BCUT2D eigenvalue weighted by molar-refractivity contribution is 8.00. The molecule has 4 nitrogen and oxygen atoms in total. The van der Waals surface area contributed by atoms with Crippen LogP contribution in [-0.4, -0.2) is 35.3 Å². The van der Waals surface area contributed by atoms with E-state index < -0.39 is 0 Å². The zero-order valence-corrected chi connectivity index (χ0v) is 11.2. The van der Waals surface area contributed by atoms with Crippen molar-refractivity contribution in [3.8, 4) is 0 Å². The zero-order valence-electron chi connectivity index (χ0n) is 9.60. The normalized spacial score (nSPS) is 30.8. The van der Waals surface area contributed by atoms with Crippen LogP contribution in [0.4, 0.5) is 0 Å². The Morgan fingerprint density at radius 1 is 1.65 bits per heavy atom. The highest BCUT2D eigenvalue weighted by Gasteiger charge is 2.39. The minimum atomic E-state index is 0.0298. The van der Waals surface area contributed by atoms with Gasteiger partial charge in [0.1, 0.15) is 9.22 Å². The van der Waals surface area contributed by atoms with Crippen LogP contribution in [0, 0.1) is 0 Å². The minimum absolute atomic E-state index is 0.0298. The maximum absolute atomic E-state index is 12.0. The lowest BCUT2D eigenvalue weighted by Crippen LogP contribution is -2.42. The predicted octanol–water partition coefficient (Wildman–Crippen LogP) is 1.49. The van der Waals surface area contributed by atoms with Crippen LogP contribution in [0.2, 0.25) is 0 Å². The molecule has 2 bridgehead atoms. The summed E-state index contributed by atoms with van der Waals surface area (Å²) in [6.45, 7) is 0.